The van der Waals surface area contributed by atoms with Crippen molar-refractivity contribution >= 4 is 68.1 Å². The number of benzene rings is 9. The van der Waals surface area contributed by atoms with Gasteiger partial charge in [0.25, 0.3) is 0 Å². The molecule has 0 atom stereocenters. The van der Waals surface area contributed by atoms with Crippen LogP contribution in [0.3, 0.4) is 0 Å². The van der Waals surface area contributed by atoms with Crippen molar-refractivity contribution in [2.45, 2.75) is 123 Å². The highest BCUT2D eigenvalue weighted by Crippen LogP contribution is 2.59. The van der Waals surface area contributed by atoms with Crippen LogP contribution in [0.2, 0.25) is 0 Å². The Hall–Kier alpha value is -7.56. The van der Waals surface area contributed by atoms with E-state index in [2.05, 4.69) is 269 Å². The van der Waals surface area contributed by atoms with E-state index in [0.29, 0.717) is 0 Å². The van der Waals surface area contributed by atoms with Gasteiger partial charge in [-0.2, -0.15) is 0 Å². The van der Waals surface area contributed by atoms with E-state index in [1.165, 1.54) is 107 Å². The molecule has 380 valence electrons. The van der Waals surface area contributed by atoms with E-state index in [9.17, 15) is 0 Å². The van der Waals surface area contributed by atoms with Crippen LogP contribution in [0.4, 0.5) is 28.4 Å². The molecule has 1 aromatic heterocycles. The summed E-state index contributed by atoms with van der Waals surface area (Å²) in [6.45, 7) is 28.6. The molecule has 3 nitrogen and oxygen atoms in total. The molecule has 14 rings (SSSR count). The van der Waals surface area contributed by atoms with Crippen LogP contribution >= 0.6 is 0 Å². The van der Waals surface area contributed by atoms with Crippen LogP contribution in [-0.4, -0.2) is 6.85 Å². The number of rotatable bonds is 4. The Morgan fingerprint density at radius 2 is 1.01 bits per heavy atom. The summed E-state index contributed by atoms with van der Waals surface area (Å²) in [7, 11) is 0. The lowest BCUT2D eigenvalue weighted by atomic mass is 9.43. The SMILES string of the molecule is CC(C)(C)c1ccc2c(c1)B1c3c(cc4c(oc5ccccc54)c3N2c2ccc(C(C)(C)C)cc2-c2ccccc2)-c2cc3c(cc2N1c1ccc(-c2ccccc2)cc1)C(C)(C)c1cc2c(cc1-3)C(C)(C)CCC2(C)C. The van der Waals surface area contributed by atoms with E-state index in [1.807, 2.05) is 0 Å². The summed E-state index contributed by atoms with van der Waals surface area (Å²) in [6.07, 6.45) is 2.36. The average molecular weight is 1000 g/mol. The van der Waals surface area contributed by atoms with Gasteiger partial charge in [-0.1, -0.05) is 198 Å². The van der Waals surface area contributed by atoms with Gasteiger partial charge in [0.1, 0.15) is 5.58 Å². The second kappa shape index (κ2) is 16.2. The summed E-state index contributed by atoms with van der Waals surface area (Å²) >= 11 is 0. The third-order valence-electron chi connectivity index (χ3n) is 18.6. The molecule has 0 bridgehead atoms. The molecule has 9 aromatic carbocycles. The summed E-state index contributed by atoms with van der Waals surface area (Å²) in [5.74, 6) is 0. The molecule has 10 aromatic rings. The van der Waals surface area contributed by atoms with Crippen LogP contribution in [0.15, 0.2) is 180 Å². The molecule has 3 heterocycles. The summed E-state index contributed by atoms with van der Waals surface area (Å²) in [4.78, 5) is 5.31. The van der Waals surface area contributed by atoms with Gasteiger partial charge in [0, 0.05) is 44.4 Å². The van der Waals surface area contributed by atoms with Crippen molar-refractivity contribution in [3.63, 3.8) is 0 Å². The average Bonchev–Trinajstić information content (AvgIpc) is 4.17. The molecule has 2 aliphatic heterocycles. The summed E-state index contributed by atoms with van der Waals surface area (Å²) in [6, 6.07) is 67.4. The predicted molar refractivity (Wildman–Crippen MR) is 329 cm³/mol. The van der Waals surface area contributed by atoms with Crippen LogP contribution in [-0.2, 0) is 27.1 Å². The van der Waals surface area contributed by atoms with Crippen LogP contribution < -0.4 is 20.6 Å². The third kappa shape index (κ3) is 7.09. The van der Waals surface area contributed by atoms with Gasteiger partial charge in [0.05, 0.1) is 11.4 Å². The Balaban J connectivity index is 1.14. The second-order valence-electron chi connectivity index (χ2n) is 26.8. The van der Waals surface area contributed by atoms with E-state index >= 15 is 0 Å². The smallest absolute Gasteiger partial charge is 0.333 e. The standard InChI is InChI=1S/C73H69BN2O/c1-69(2,3)47-29-33-62(51(37-47)46-23-17-14-18-24-46)75-63-34-30-48(70(4,5)6)38-61(63)74-66-55(40-56-50-25-19-20-26-65(50)77-68(56)67(66)75)54-39-52-53-41-59-60(72(9,10)36-35-71(59,7)8)42-57(53)73(11,12)58(52)43-64(54)76(74)49-31-27-45(28-32-49)44-21-15-13-16-22-44/h13-34,37-43H,35-36H2,1-12H3. The van der Waals surface area contributed by atoms with Gasteiger partial charge in [-0.15, -0.1) is 0 Å². The zero-order chi connectivity index (χ0) is 53.3. The minimum absolute atomic E-state index is 0.0640. The van der Waals surface area contributed by atoms with E-state index in [-0.39, 0.29) is 33.9 Å². The molecule has 0 N–H and O–H groups in total. The van der Waals surface area contributed by atoms with Crippen molar-refractivity contribution in [2.24, 2.45) is 0 Å². The van der Waals surface area contributed by atoms with Crippen LogP contribution in [0.25, 0.3) is 66.4 Å². The first kappa shape index (κ1) is 47.9. The number of hydrogen-bond donors (Lipinski definition) is 0. The lowest BCUT2D eigenvalue weighted by Gasteiger charge is -2.46. The van der Waals surface area contributed by atoms with Crippen molar-refractivity contribution in [2.75, 3.05) is 9.71 Å². The van der Waals surface area contributed by atoms with Crippen LogP contribution in [0, 0.1) is 0 Å². The fraction of sp³-hybridized carbons (Fsp3) is 0.260. The fourth-order valence-electron chi connectivity index (χ4n) is 14.0. The molecule has 4 heteroatoms. The molecule has 0 amide bonds. The van der Waals surface area contributed by atoms with Crippen LogP contribution in [0.1, 0.15) is 129 Å². The number of anilines is 5. The zero-order valence-electron chi connectivity index (χ0n) is 47.0. The molecule has 0 saturated heterocycles. The van der Waals surface area contributed by atoms with Crippen molar-refractivity contribution in [3.05, 3.63) is 209 Å². The third-order valence-corrected chi connectivity index (χ3v) is 18.6. The Morgan fingerprint density at radius 3 is 1.69 bits per heavy atom. The molecule has 0 unspecified atom stereocenters. The summed E-state index contributed by atoms with van der Waals surface area (Å²) in [5, 5.41) is 2.26. The summed E-state index contributed by atoms with van der Waals surface area (Å²) in [5.41, 5.74) is 28.4. The molecule has 2 aliphatic carbocycles. The molecule has 0 radical (unpaired) electrons. The number of para-hydroxylation sites is 1. The van der Waals surface area contributed by atoms with E-state index in [0.717, 1.165) is 44.7 Å². The van der Waals surface area contributed by atoms with Gasteiger partial charge in [-0.3, -0.25) is 0 Å². The normalized spacial score (nSPS) is 16.4. The van der Waals surface area contributed by atoms with Crippen molar-refractivity contribution < 1.29 is 4.42 Å². The number of furan rings is 1. The second-order valence-corrected chi connectivity index (χ2v) is 26.8. The lowest BCUT2D eigenvalue weighted by molar-refractivity contribution is 0.331. The Kier molecular flexibility index (Phi) is 10.1. The topological polar surface area (TPSA) is 19.6 Å². The molecule has 0 saturated carbocycles. The Labute approximate surface area is 456 Å². The number of fused-ring (bicyclic) bond motifs is 12. The molecule has 0 fully saturated rings. The summed E-state index contributed by atoms with van der Waals surface area (Å²) < 4.78 is 7.36. The van der Waals surface area contributed by atoms with E-state index < -0.39 is 0 Å². The van der Waals surface area contributed by atoms with Gasteiger partial charge in [0.2, 0.25) is 0 Å². The van der Waals surface area contributed by atoms with Crippen molar-refractivity contribution in [1.82, 2.24) is 0 Å². The van der Waals surface area contributed by atoms with E-state index in [4.69, 9.17) is 4.42 Å². The Morgan fingerprint density at radius 1 is 0.442 bits per heavy atom. The molecule has 4 aliphatic rings. The van der Waals surface area contributed by atoms with Gasteiger partial charge >= 0.3 is 6.85 Å². The molecular formula is C73H69BN2O. The molecular weight excluding hydrogens is 932 g/mol. The highest BCUT2D eigenvalue weighted by Gasteiger charge is 2.50. The largest absolute Gasteiger partial charge is 0.454 e. The van der Waals surface area contributed by atoms with Crippen molar-refractivity contribution in [3.8, 4) is 44.5 Å². The first-order chi connectivity index (χ1) is 36.7. The predicted octanol–water partition coefficient (Wildman–Crippen LogP) is 18.9. The molecule has 0 spiro atoms. The maximum absolute atomic E-state index is 7.36. The van der Waals surface area contributed by atoms with Crippen LogP contribution in [0.5, 0.6) is 0 Å². The number of hydrogen-bond acceptors (Lipinski definition) is 3. The highest BCUT2D eigenvalue weighted by atomic mass is 16.3. The van der Waals surface area contributed by atoms with Gasteiger partial charge in [0.15, 0.2) is 5.58 Å². The maximum atomic E-state index is 7.36. The first-order valence-corrected chi connectivity index (χ1v) is 28.2. The maximum Gasteiger partial charge on any atom is 0.333 e. The number of nitrogens with zero attached hydrogens (tertiary/aromatic N) is 2. The minimum atomic E-state index is -0.237. The van der Waals surface area contributed by atoms with Crippen molar-refractivity contribution in [1.29, 1.82) is 0 Å². The fourth-order valence-corrected chi connectivity index (χ4v) is 14.0. The van der Waals surface area contributed by atoms with Gasteiger partial charge in [-0.25, -0.2) is 0 Å². The van der Waals surface area contributed by atoms with Gasteiger partial charge in [-0.05, 0) is 173 Å². The first-order valence-electron chi connectivity index (χ1n) is 28.2. The Bertz CT molecular complexity index is 4090. The van der Waals surface area contributed by atoms with Gasteiger partial charge < -0.3 is 14.1 Å². The quantitative estimate of drug-likeness (QED) is 0.164. The minimum Gasteiger partial charge on any atom is -0.454 e. The monoisotopic (exact) mass is 1000 g/mol. The molecule has 77 heavy (non-hydrogen) atoms. The lowest BCUT2D eigenvalue weighted by Crippen LogP contribution is -2.61. The van der Waals surface area contributed by atoms with E-state index in [1.54, 1.807) is 0 Å². The highest BCUT2D eigenvalue weighted by molar-refractivity contribution is 6.94. The zero-order valence-corrected chi connectivity index (χ0v) is 47.0.